The maximum absolute atomic E-state index is 7.09. The van der Waals surface area contributed by atoms with Crippen molar-refractivity contribution in [3.05, 3.63) is 77.0 Å². The molecule has 2 heterocycles. The number of aryl methyl sites for hydroxylation is 2. The lowest BCUT2D eigenvalue weighted by atomic mass is 9.81. The van der Waals surface area contributed by atoms with Crippen LogP contribution in [0.3, 0.4) is 0 Å². The fourth-order valence-corrected chi connectivity index (χ4v) is 6.67. The Kier molecular flexibility index (Phi) is 6.07. The maximum Gasteiger partial charge on any atom is 0.228 e. The summed E-state index contributed by atoms with van der Waals surface area (Å²) in [6.07, 6.45) is 4.27. The zero-order valence-electron chi connectivity index (χ0n) is 26.0. The zero-order valence-corrected chi connectivity index (χ0v) is 26.0. The van der Waals surface area contributed by atoms with Crippen LogP contribution in [0.15, 0.2) is 54.7 Å². The van der Waals surface area contributed by atoms with Crippen molar-refractivity contribution < 1.29 is 9.30 Å². The molecule has 0 atom stereocenters. The second-order valence-electron chi connectivity index (χ2n) is 14.7. The standard InChI is InChI=1S/C38H44NO/c1-22(2)17-24-11-13-28-30(18-24)23(3)33-35-34-29(15-16-39(35)10)27-14-12-26(38(7,8)9)19-25(27)20-32(34)40-36(33)31(28)21-37(4,5)6/h11-16,18-20,22H,17,21H2,1-10H3/q+1. The van der Waals surface area contributed by atoms with Crippen LogP contribution in [-0.4, -0.2) is 0 Å². The van der Waals surface area contributed by atoms with E-state index < -0.39 is 0 Å². The molecule has 0 spiro atoms. The maximum atomic E-state index is 7.09. The Morgan fingerprint density at radius 3 is 2.23 bits per heavy atom. The number of nitrogens with zero attached hydrogens (tertiary/aromatic N) is 1. The third-order valence-electron chi connectivity index (χ3n) is 8.55. The quantitative estimate of drug-likeness (QED) is 0.164. The van der Waals surface area contributed by atoms with E-state index in [9.17, 15) is 0 Å². The topological polar surface area (TPSA) is 13.1 Å². The molecule has 206 valence electrons. The predicted molar refractivity (Wildman–Crippen MR) is 171 cm³/mol. The number of ether oxygens (including phenoxy) is 1. The number of rotatable bonds is 3. The van der Waals surface area contributed by atoms with E-state index in [0.29, 0.717) is 5.92 Å². The second kappa shape index (κ2) is 9.06. The highest BCUT2D eigenvalue weighted by Gasteiger charge is 2.34. The molecular weight excluding hydrogens is 486 g/mol. The molecule has 0 aliphatic carbocycles. The van der Waals surface area contributed by atoms with E-state index in [4.69, 9.17) is 4.74 Å². The Morgan fingerprint density at radius 2 is 1.55 bits per heavy atom. The average Bonchev–Trinajstić information content (AvgIpc) is 2.85. The van der Waals surface area contributed by atoms with Gasteiger partial charge >= 0.3 is 0 Å². The summed E-state index contributed by atoms with van der Waals surface area (Å²) in [6.45, 7) is 20.7. The predicted octanol–water partition coefficient (Wildman–Crippen LogP) is 10.1. The van der Waals surface area contributed by atoms with Crippen LogP contribution in [0, 0.1) is 18.3 Å². The van der Waals surface area contributed by atoms with Gasteiger partial charge in [0.15, 0.2) is 6.20 Å². The van der Waals surface area contributed by atoms with Gasteiger partial charge in [0.05, 0.1) is 10.9 Å². The SMILES string of the molecule is Cc1c2c(c(CC(C)(C)C)c3ccc(CC(C)C)cc13)Oc1cc3cc(C(C)(C)C)ccc3c3cc[n+](C)c-2c13. The lowest BCUT2D eigenvalue weighted by Crippen LogP contribution is -2.32. The van der Waals surface area contributed by atoms with E-state index in [2.05, 4.69) is 129 Å². The monoisotopic (exact) mass is 530 g/mol. The molecule has 0 amide bonds. The molecule has 40 heavy (non-hydrogen) atoms. The number of hydrogen-bond acceptors (Lipinski definition) is 1. The van der Waals surface area contributed by atoms with Gasteiger partial charge in [-0.25, -0.2) is 4.57 Å². The average molecular weight is 531 g/mol. The lowest BCUT2D eigenvalue weighted by molar-refractivity contribution is -0.659. The molecule has 2 nitrogen and oxygen atoms in total. The van der Waals surface area contributed by atoms with Crippen LogP contribution >= 0.6 is 0 Å². The third-order valence-corrected chi connectivity index (χ3v) is 8.55. The molecule has 2 heteroatoms. The van der Waals surface area contributed by atoms with Gasteiger partial charge in [-0.1, -0.05) is 91.8 Å². The van der Waals surface area contributed by atoms with E-state index in [1.54, 1.807) is 0 Å². The molecule has 0 N–H and O–H groups in total. The largest absolute Gasteiger partial charge is 0.455 e. The molecular formula is C38H44NO+. The first-order valence-electron chi connectivity index (χ1n) is 14.9. The van der Waals surface area contributed by atoms with E-state index in [1.807, 2.05) is 0 Å². The smallest absolute Gasteiger partial charge is 0.228 e. The summed E-state index contributed by atoms with van der Waals surface area (Å²) in [4.78, 5) is 0. The Bertz CT molecular complexity index is 1830. The Morgan fingerprint density at radius 1 is 0.825 bits per heavy atom. The van der Waals surface area contributed by atoms with Gasteiger partial charge in [0.25, 0.3) is 0 Å². The minimum atomic E-state index is 0.0897. The van der Waals surface area contributed by atoms with Crippen molar-refractivity contribution >= 4 is 32.3 Å². The number of fused-ring (bicyclic) bond motifs is 5. The van der Waals surface area contributed by atoms with E-state index in [1.165, 1.54) is 65.8 Å². The van der Waals surface area contributed by atoms with Gasteiger partial charge in [-0.05, 0) is 80.8 Å². The summed E-state index contributed by atoms with van der Waals surface area (Å²) in [5.41, 5.74) is 8.11. The van der Waals surface area contributed by atoms with Crippen LogP contribution in [0.1, 0.15) is 77.6 Å². The number of benzene rings is 4. The summed E-state index contributed by atoms with van der Waals surface area (Å²) in [5.74, 6) is 2.63. The van der Waals surface area contributed by atoms with Gasteiger partial charge in [0, 0.05) is 17.0 Å². The summed E-state index contributed by atoms with van der Waals surface area (Å²) >= 11 is 0. The van der Waals surface area contributed by atoms with Crippen molar-refractivity contribution in [2.24, 2.45) is 18.4 Å². The molecule has 6 rings (SSSR count). The van der Waals surface area contributed by atoms with Crippen LogP contribution in [0.4, 0.5) is 0 Å². The van der Waals surface area contributed by atoms with Crippen LogP contribution in [0.25, 0.3) is 43.6 Å². The number of hydrogen-bond donors (Lipinski definition) is 0. The molecule has 4 aromatic carbocycles. The Balaban J connectivity index is 1.73. The van der Waals surface area contributed by atoms with Crippen molar-refractivity contribution in [3.63, 3.8) is 0 Å². The molecule has 1 aliphatic rings. The van der Waals surface area contributed by atoms with Gasteiger partial charge in [0.2, 0.25) is 5.69 Å². The molecule has 1 aliphatic heterocycles. The first kappa shape index (κ1) is 26.8. The highest BCUT2D eigenvalue weighted by molar-refractivity contribution is 6.16. The van der Waals surface area contributed by atoms with E-state index in [-0.39, 0.29) is 10.8 Å². The first-order chi connectivity index (χ1) is 18.7. The van der Waals surface area contributed by atoms with Crippen molar-refractivity contribution in [1.82, 2.24) is 0 Å². The van der Waals surface area contributed by atoms with Crippen molar-refractivity contribution in [3.8, 4) is 22.8 Å². The normalized spacial score (nSPS) is 13.4. The summed E-state index contributed by atoms with van der Waals surface area (Å²) < 4.78 is 9.39. The fraction of sp³-hybridized carbons (Fsp3) is 0.395. The van der Waals surface area contributed by atoms with Crippen molar-refractivity contribution in [2.45, 2.75) is 80.6 Å². The van der Waals surface area contributed by atoms with Crippen LogP contribution in [0.2, 0.25) is 0 Å². The van der Waals surface area contributed by atoms with Crippen molar-refractivity contribution in [2.75, 3.05) is 0 Å². The highest BCUT2D eigenvalue weighted by Crippen LogP contribution is 2.53. The first-order valence-corrected chi connectivity index (χ1v) is 14.9. The minimum absolute atomic E-state index is 0.0897. The molecule has 0 saturated heterocycles. The van der Waals surface area contributed by atoms with Gasteiger partial charge < -0.3 is 4.74 Å². The molecule has 0 saturated carbocycles. The summed E-state index contributed by atoms with van der Waals surface area (Å²) in [6, 6.07) is 18.6. The van der Waals surface area contributed by atoms with Crippen LogP contribution in [-0.2, 0) is 25.3 Å². The molecule has 0 bridgehead atoms. The summed E-state index contributed by atoms with van der Waals surface area (Å²) in [5, 5.41) is 7.69. The van der Waals surface area contributed by atoms with Gasteiger partial charge in [-0.2, -0.15) is 0 Å². The molecule has 0 radical (unpaired) electrons. The minimum Gasteiger partial charge on any atom is -0.455 e. The number of aromatic nitrogens is 1. The molecule has 0 fully saturated rings. The van der Waals surface area contributed by atoms with Gasteiger partial charge in [-0.3, -0.25) is 0 Å². The zero-order chi connectivity index (χ0) is 28.7. The third kappa shape index (κ3) is 4.37. The molecule has 5 aromatic rings. The fourth-order valence-electron chi connectivity index (χ4n) is 6.67. The van der Waals surface area contributed by atoms with Gasteiger partial charge in [-0.15, -0.1) is 0 Å². The second-order valence-corrected chi connectivity index (χ2v) is 14.7. The van der Waals surface area contributed by atoms with E-state index in [0.717, 1.165) is 24.3 Å². The molecule has 1 aromatic heterocycles. The van der Waals surface area contributed by atoms with Crippen LogP contribution < -0.4 is 9.30 Å². The number of pyridine rings is 1. The Labute approximate surface area is 240 Å². The van der Waals surface area contributed by atoms with E-state index >= 15 is 0 Å². The highest BCUT2D eigenvalue weighted by atomic mass is 16.5. The molecule has 0 unspecified atom stereocenters. The lowest BCUT2D eigenvalue weighted by Gasteiger charge is -2.28. The summed E-state index contributed by atoms with van der Waals surface area (Å²) in [7, 11) is 2.18. The van der Waals surface area contributed by atoms with Crippen LogP contribution in [0.5, 0.6) is 11.5 Å². The van der Waals surface area contributed by atoms with Gasteiger partial charge in [0.1, 0.15) is 18.5 Å². The van der Waals surface area contributed by atoms with Crippen molar-refractivity contribution in [1.29, 1.82) is 0 Å². The Hall–Kier alpha value is -3.39.